The molecule has 0 aromatic carbocycles. The Kier molecular flexibility index (Phi) is 3.17. The number of hydrogen-bond acceptors (Lipinski definition) is 2. The monoisotopic (exact) mass is 224 g/mol. The van der Waals surface area contributed by atoms with Gasteiger partial charge in [0.25, 0.3) is 0 Å². The van der Waals surface area contributed by atoms with Crippen molar-refractivity contribution >= 4 is 11.3 Å². The van der Waals surface area contributed by atoms with Gasteiger partial charge in [-0.3, -0.25) is 0 Å². The Morgan fingerprint density at radius 3 is 2.27 bits per heavy atom. The summed E-state index contributed by atoms with van der Waals surface area (Å²) in [6, 6.07) is 0. The summed E-state index contributed by atoms with van der Waals surface area (Å²) in [5.74, 6) is 0.406. The lowest BCUT2D eigenvalue weighted by Gasteiger charge is -2.28. The molecule has 0 bridgehead atoms. The maximum Gasteiger partial charge on any atom is 0.0609 e. The van der Waals surface area contributed by atoms with Gasteiger partial charge < -0.3 is 5.11 Å². The second-order valence-electron chi connectivity index (χ2n) is 4.71. The van der Waals surface area contributed by atoms with Crippen LogP contribution in [0.1, 0.15) is 52.5 Å². The van der Waals surface area contributed by atoms with Crippen LogP contribution in [0.5, 0.6) is 0 Å². The summed E-state index contributed by atoms with van der Waals surface area (Å²) in [5.41, 5.74) is 2.87. The topological polar surface area (TPSA) is 20.2 Å². The van der Waals surface area contributed by atoms with Crippen LogP contribution in [-0.4, -0.2) is 11.2 Å². The molecule has 2 atom stereocenters. The lowest BCUT2D eigenvalue weighted by molar-refractivity contribution is 0.106. The summed E-state index contributed by atoms with van der Waals surface area (Å²) in [7, 11) is 0. The lowest BCUT2D eigenvalue weighted by Crippen LogP contribution is -2.23. The first-order valence-electron chi connectivity index (χ1n) is 5.85. The Balaban J connectivity index is 2.35. The molecule has 1 aliphatic carbocycles. The molecule has 1 aromatic heterocycles. The van der Waals surface area contributed by atoms with Gasteiger partial charge >= 0.3 is 0 Å². The average molecular weight is 224 g/mol. The molecule has 1 unspecified atom stereocenters. The molecule has 1 aliphatic rings. The Morgan fingerprint density at radius 1 is 1.07 bits per heavy atom. The summed E-state index contributed by atoms with van der Waals surface area (Å²) in [6.07, 6.45) is 4.51. The van der Waals surface area contributed by atoms with Crippen molar-refractivity contribution in [3.05, 3.63) is 20.9 Å². The third kappa shape index (κ3) is 1.98. The number of aliphatic hydroxyl groups excluding tert-OH is 1. The van der Waals surface area contributed by atoms with Crippen molar-refractivity contribution in [2.75, 3.05) is 0 Å². The van der Waals surface area contributed by atoms with E-state index in [9.17, 15) is 5.11 Å². The number of thiophene rings is 1. The number of hydrogen-bond donors (Lipinski definition) is 1. The van der Waals surface area contributed by atoms with E-state index in [1.54, 1.807) is 0 Å². The zero-order valence-electron chi connectivity index (χ0n) is 9.84. The first-order chi connectivity index (χ1) is 7.11. The molecule has 0 radical (unpaired) electrons. The van der Waals surface area contributed by atoms with Crippen molar-refractivity contribution in [2.45, 2.75) is 58.5 Å². The van der Waals surface area contributed by atoms with Gasteiger partial charge in [-0.25, -0.2) is 0 Å². The molecule has 1 heterocycles. The highest BCUT2D eigenvalue weighted by Crippen LogP contribution is 2.40. The van der Waals surface area contributed by atoms with Crippen molar-refractivity contribution in [3.63, 3.8) is 0 Å². The predicted molar refractivity (Wildman–Crippen MR) is 65.7 cm³/mol. The maximum absolute atomic E-state index is 10.1. The molecule has 0 aliphatic heterocycles. The molecule has 1 N–H and O–H groups in total. The van der Waals surface area contributed by atoms with Gasteiger partial charge in [0.15, 0.2) is 0 Å². The third-order valence-electron chi connectivity index (χ3n) is 3.72. The lowest BCUT2D eigenvalue weighted by atomic mass is 9.80. The van der Waals surface area contributed by atoms with Crippen molar-refractivity contribution in [1.82, 2.24) is 0 Å². The van der Waals surface area contributed by atoms with E-state index in [4.69, 9.17) is 0 Å². The van der Waals surface area contributed by atoms with Crippen LogP contribution >= 0.6 is 11.3 Å². The van der Waals surface area contributed by atoms with Crippen LogP contribution in [-0.2, 0) is 0 Å². The van der Waals surface area contributed by atoms with E-state index in [-0.39, 0.29) is 6.10 Å². The van der Waals surface area contributed by atoms with E-state index in [0.29, 0.717) is 5.92 Å². The Hall–Kier alpha value is -0.340. The summed E-state index contributed by atoms with van der Waals surface area (Å²) >= 11 is 1.88. The van der Waals surface area contributed by atoms with Crippen LogP contribution in [0.15, 0.2) is 0 Å². The standard InChI is InChI=1S/C13H20OS/c1-8-9(2)15-10(3)13(8)11-6-4-5-7-12(11)14/h11-12,14H,4-7H2,1-3H3/t11?,12-/m0/s1. The fourth-order valence-electron chi connectivity index (χ4n) is 2.80. The smallest absolute Gasteiger partial charge is 0.0609 e. The fraction of sp³-hybridized carbons (Fsp3) is 0.692. The molecular formula is C13H20OS. The zero-order valence-corrected chi connectivity index (χ0v) is 10.7. The van der Waals surface area contributed by atoms with E-state index >= 15 is 0 Å². The van der Waals surface area contributed by atoms with Crippen molar-refractivity contribution in [2.24, 2.45) is 0 Å². The first kappa shape index (κ1) is 11.2. The van der Waals surface area contributed by atoms with Gasteiger partial charge in [-0.1, -0.05) is 12.8 Å². The Morgan fingerprint density at radius 2 is 1.73 bits per heavy atom. The van der Waals surface area contributed by atoms with Gasteiger partial charge in [0, 0.05) is 15.7 Å². The Bertz CT molecular complexity index is 354. The minimum atomic E-state index is -0.106. The Labute approximate surface area is 96.1 Å². The number of rotatable bonds is 1. The van der Waals surface area contributed by atoms with E-state index in [1.807, 2.05) is 11.3 Å². The molecule has 0 spiro atoms. The van der Waals surface area contributed by atoms with Crippen LogP contribution in [0.25, 0.3) is 0 Å². The maximum atomic E-state index is 10.1. The van der Waals surface area contributed by atoms with Gasteiger partial charge in [-0.15, -0.1) is 11.3 Å². The van der Waals surface area contributed by atoms with E-state index in [0.717, 1.165) is 6.42 Å². The second-order valence-corrected chi connectivity index (χ2v) is 6.14. The van der Waals surface area contributed by atoms with Crippen LogP contribution in [0.2, 0.25) is 0 Å². The minimum absolute atomic E-state index is 0.106. The molecule has 1 fully saturated rings. The van der Waals surface area contributed by atoms with E-state index in [2.05, 4.69) is 20.8 Å². The zero-order chi connectivity index (χ0) is 11.0. The summed E-state index contributed by atoms with van der Waals surface area (Å²) in [6.45, 7) is 6.59. The SMILES string of the molecule is Cc1sc(C)c(C2CCCC[C@@H]2O)c1C. The molecule has 15 heavy (non-hydrogen) atoms. The van der Waals surface area contributed by atoms with Crippen molar-refractivity contribution in [1.29, 1.82) is 0 Å². The fourth-order valence-corrected chi connectivity index (χ4v) is 3.94. The van der Waals surface area contributed by atoms with Crippen LogP contribution in [0, 0.1) is 20.8 Å². The van der Waals surface area contributed by atoms with Crippen LogP contribution in [0.3, 0.4) is 0 Å². The quantitative estimate of drug-likeness (QED) is 0.771. The largest absolute Gasteiger partial charge is 0.392 e. The molecule has 1 nitrogen and oxygen atoms in total. The molecule has 1 saturated carbocycles. The first-order valence-corrected chi connectivity index (χ1v) is 6.67. The van der Waals surface area contributed by atoms with Gasteiger partial charge in [0.1, 0.15) is 0 Å². The molecule has 1 aromatic rings. The molecule has 0 amide bonds. The van der Waals surface area contributed by atoms with Crippen LogP contribution < -0.4 is 0 Å². The molecule has 84 valence electrons. The third-order valence-corrected chi connectivity index (χ3v) is 4.86. The number of aliphatic hydroxyl groups is 1. The number of aryl methyl sites for hydroxylation is 2. The van der Waals surface area contributed by atoms with E-state index in [1.165, 1.54) is 40.1 Å². The van der Waals surface area contributed by atoms with Gasteiger partial charge in [0.2, 0.25) is 0 Å². The minimum Gasteiger partial charge on any atom is -0.392 e. The van der Waals surface area contributed by atoms with Crippen molar-refractivity contribution in [3.8, 4) is 0 Å². The average Bonchev–Trinajstić information content (AvgIpc) is 2.43. The molecule has 2 rings (SSSR count). The van der Waals surface area contributed by atoms with Gasteiger partial charge in [-0.2, -0.15) is 0 Å². The van der Waals surface area contributed by atoms with Crippen LogP contribution in [0.4, 0.5) is 0 Å². The highest BCUT2D eigenvalue weighted by molar-refractivity contribution is 7.12. The highest BCUT2D eigenvalue weighted by atomic mass is 32.1. The van der Waals surface area contributed by atoms with Crippen molar-refractivity contribution < 1.29 is 5.11 Å². The van der Waals surface area contributed by atoms with Gasteiger partial charge in [0.05, 0.1) is 6.10 Å². The summed E-state index contributed by atoms with van der Waals surface area (Å²) in [5, 5.41) is 10.1. The summed E-state index contributed by atoms with van der Waals surface area (Å²) < 4.78 is 0. The summed E-state index contributed by atoms with van der Waals surface area (Å²) in [4.78, 5) is 2.83. The molecule has 2 heteroatoms. The van der Waals surface area contributed by atoms with E-state index < -0.39 is 0 Å². The normalized spacial score (nSPS) is 26.9. The molecular weight excluding hydrogens is 204 g/mol. The van der Waals surface area contributed by atoms with Gasteiger partial charge in [-0.05, 0) is 44.7 Å². The second kappa shape index (κ2) is 4.26. The predicted octanol–water partition coefficient (Wildman–Crippen LogP) is 3.69. The highest BCUT2D eigenvalue weighted by Gasteiger charge is 2.28. The molecule has 0 saturated heterocycles.